The number of benzene rings is 1. The van der Waals surface area contributed by atoms with Gasteiger partial charge in [0.1, 0.15) is 11.5 Å². The SMILES string of the molecule is Cc1cc(NC(=O)c2ccc[nH]2)n([C@H]2CCN(Cc3ccccc3)C2)n1. The molecule has 1 atom stereocenters. The average molecular weight is 349 g/mol. The van der Waals surface area contributed by atoms with Gasteiger partial charge in [0.15, 0.2) is 0 Å². The summed E-state index contributed by atoms with van der Waals surface area (Å²) < 4.78 is 1.97. The predicted molar refractivity (Wildman–Crippen MR) is 101 cm³/mol. The second-order valence-electron chi connectivity index (χ2n) is 6.82. The van der Waals surface area contributed by atoms with Crippen molar-refractivity contribution < 1.29 is 4.79 Å². The minimum Gasteiger partial charge on any atom is -0.357 e. The summed E-state index contributed by atoms with van der Waals surface area (Å²) in [7, 11) is 0. The number of hydrogen-bond acceptors (Lipinski definition) is 3. The quantitative estimate of drug-likeness (QED) is 0.743. The van der Waals surface area contributed by atoms with Crippen molar-refractivity contribution in [3.8, 4) is 0 Å². The van der Waals surface area contributed by atoms with Gasteiger partial charge in [0.25, 0.3) is 5.91 Å². The number of aryl methyl sites for hydroxylation is 1. The van der Waals surface area contributed by atoms with Crippen LogP contribution in [0.15, 0.2) is 54.7 Å². The maximum Gasteiger partial charge on any atom is 0.273 e. The molecule has 6 heteroatoms. The highest BCUT2D eigenvalue weighted by Crippen LogP contribution is 2.27. The molecule has 2 N–H and O–H groups in total. The summed E-state index contributed by atoms with van der Waals surface area (Å²) >= 11 is 0. The molecule has 3 aromatic rings. The highest BCUT2D eigenvalue weighted by molar-refractivity contribution is 6.02. The Kier molecular flexibility index (Phi) is 4.58. The second-order valence-corrected chi connectivity index (χ2v) is 6.82. The first-order chi connectivity index (χ1) is 12.7. The van der Waals surface area contributed by atoms with Gasteiger partial charge < -0.3 is 10.3 Å². The summed E-state index contributed by atoms with van der Waals surface area (Å²) in [5.74, 6) is 0.615. The third kappa shape index (κ3) is 3.55. The molecule has 4 rings (SSSR count). The zero-order valence-corrected chi connectivity index (χ0v) is 14.9. The molecule has 0 radical (unpaired) electrons. The fourth-order valence-corrected chi connectivity index (χ4v) is 3.54. The first-order valence-corrected chi connectivity index (χ1v) is 8.96. The number of likely N-dealkylation sites (tertiary alicyclic amines) is 1. The van der Waals surface area contributed by atoms with Gasteiger partial charge in [-0.25, -0.2) is 4.68 Å². The van der Waals surface area contributed by atoms with Crippen LogP contribution in [-0.2, 0) is 6.54 Å². The van der Waals surface area contributed by atoms with E-state index in [9.17, 15) is 4.79 Å². The molecule has 26 heavy (non-hydrogen) atoms. The Balaban J connectivity index is 1.46. The van der Waals surface area contributed by atoms with Crippen molar-refractivity contribution in [3.63, 3.8) is 0 Å². The van der Waals surface area contributed by atoms with Crippen LogP contribution < -0.4 is 5.32 Å². The van der Waals surface area contributed by atoms with Gasteiger partial charge >= 0.3 is 0 Å². The number of carbonyl (C=O) groups excluding carboxylic acids is 1. The first-order valence-electron chi connectivity index (χ1n) is 8.96. The van der Waals surface area contributed by atoms with Gasteiger partial charge in [-0.2, -0.15) is 5.10 Å². The van der Waals surface area contributed by atoms with Crippen LogP contribution >= 0.6 is 0 Å². The van der Waals surface area contributed by atoms with Crippen LogP contribution in [0.1, 0.15) is 34.2 Å². The van der Waals surface area contributed by atoms with Crippen LogP contribution in [0.25, 0.3) is 0 Å². The van der Waals surface area contributed by atoms with Gasteiger partial charge in [0, 0.05) is 31.9 Å². The highest BCUT2D eigenvalue weighted by Gasteiger charge is 2.27. The van der Waals surface area contributed by atoms with Crippen molar-refractivity contribution in [2.45, 2.75) is 25.9 Å². The summed E-state index contributed by atoms with van der Waals surface area (Å²) in [5, 5.41) is 7.62. The van der Waals surface area contributed by atoms with E-state index in [0.717, 1.165) is 37.6 Å². The van der Waals surface area contributed by atoms with Crippen LogP contribution in [-0.4, -0.2) is 38.7 Å². The number of H-pyrrole nitrogens is 1. The summed E-state index contributed by atoms with van der Waals surface area (Å²) in [6, 6.07) is 16.3. The third-order valence-corrected chi connectivity index (χ3v) is 4.78. The van der Waals surface area contributed by atoms with E-state index in [1.165, 1.54) is 5.56 Å². The van der Waals surface area contributed by atoms with E-state index in [0.29, 0.717) is 5.69 Å². The largest absolute Gasteiger partial charge is 0.357 e. The molecule has 2 aromatic heterocycles. The molecule has 1 aliphatic rings. The van der Waals surface area contributed by atoms with Gasteiger partial charge in [0.05, 0.1) is 11.7 Å². The van der Waals surface area contributed by atoms with Gasteiger partial charge in [-0.15, -0.1) is 0 Å². The first kappa shape index (κ1) is 16.6. The fourth-order valence-electron chi connectivity index (χ4n) is 3.54. The Labute approximate surface area is 152 Å². The van der Waals surface area contributed by atoms with Gasteiger partial charge in [0.2, 0.25) is 0 Å². The van der Waals surface area contributed by atoms with Crippen molar-refractivity contribution in [1.29, 1.82) is 0 Å². The van der Waals surface area contributed by atoms with Crippen LogP contribution in [0.4, 0.5) is 5.82 Å². The Bertz CT molecular complexity index is 869. The fraction of sp³-hybridized carbons (Fsp3) is 0.300. The molecule has 0 saturated carbocycles. The molecular formula is C20H23N5O. The Morgan fingerprint density at radius 1 is 1.27 bits per heavy atom. The Hall–Kier alpha value is -2.86. The minimum absolute atomic E-state index is 0.143. The molecule has 0 spiro atoms. The van der Waals surface area contributed by atoms with E-state index >= 15 is 0 Å². The van der Waals surface area contributed by atoms with Crippen molar-refractivity contribution in [3.05, 3.63) is 71.7 Å². The Morgan fingerprint density at radius 2 is 2.12 bits per heavy atom. The van der Waals surface area contributed by atoms with E-state index in [2.05, 4.69) is 44.6 Å². The molecule has 0 unspecified atom stereocenters. The molecule has 1 fully saturated rings. The Morgan fingerprint density at radius 3 is 2.88 bits per heavy atom. The van der Waals surface area contributed by atoms with Crippen molar-refractivity contribution >= 4 is 11.7 Å². The summed E-state index contributed by atoms with van der Waals surface area (Å²) in [5.41, 5.74) is 2.78. The molecule has 1 aliphatic heterocycles. The van der Waals surface area contributed by atoms with E-state index in [-0.39, 0.29) is 11.9 Å². The second kappa shape index (κ2) is 7.17. The molecular weight excluding hydrogens is 326 g/mol. The van der Waals surface area contributed by atoms with Gasteiger partial charge in [-0.05, 0) is 31.0 Å². The van der Waals surface area contributed by atoms with E-state index in [1.807, 2.05) is 29.8 Å². The highest BCUT2D eigenvalue weighted by atomic mass is 16.2. The number of carbonyl (C=O) groups is 1. The lowest BCUT2D eigenvalue weighted by atomic mass is 10.2. The van der Waals surface area contributed by atoms with Gasteiger partial charge in [-0.3, -0.25) is 9.69 Å². The van der Waals surface area contributed by atoms with Crippen LogP contribution in [0.3, 0.4) is 0 Å². The molecule has 134 valence electrons. The number of rotatable bonds is 5. The number of hydrogen-bond donors (Lipinski definition) is 2. The lowest BCUT2D eigenvalue weighted by molar-refractivity contribution is 0.102. The van der Waals surface area contributed by atoms with Crippen LogP contribution in [0.5, 0.6) is 0 Å². The zero-order valence-electron chi connectivity index (χ0n) is 14.9. The smallest absolute Gasteiger partial charge is 0.273 e. The van der Waals surface area contributed by atoms with Crippen LogP contribution in [0.2, 0.25) is 0 Å². The van der Waals surface area contributed by atoms with Crippen LogP contribution in [0, 0.1) is 6.92 Å². The summed E-state index contributed by atoms with van der Waals surface area (Å²) in [6.45, 7) is 4.86. The normalized spacial score (nSPS) is 17.5. The van der Waals surface area contributed by atoms with E-state index in [1.54, 1.807) is 12.3 Å². The third-order valence-electron chi connectivity index (χ3n) is 4.78. The zero-order chi connectivity index (χ0) is 17.9. The molecule has 6 nitrogen and oxygen atoms in total. The number of aromatic amines is 1. The average Bonchev–Trinajstić information content (AvgIpc) is 3.37. The van der Waals surface area contributed by atoms with Crippen molar-refractivity contribution in [1.82, 2.24) is 19.7 Å². The monoisotopic (exact) mass is 349 g/mol. The number of aromatic nitrogens is 3. The molecule has 0 aliphatic carbocycles. The molecule has 1 amide bonds. The number of nitrogens with one attached hydrogen (secondary N) is 2. The number of anilines is 1. The van der Waals surface area contributed by atoms with E-state index in [4.69, 9.17) is 0 Å². The topological polar surface area (TPSA) is 66.0 Å². The van der Waals surface area contributed by atoms with Crippen molar-refractivity contribution in [2.75, 3.05) is 18.4 Å². The molecule has 1 saturated heterocycles. The maximum absolute atomic E-state index is 12.4. The molecule has 0 bridgehead atoms. The predicted octanol–water partition coefficient (Wildman–Crippen LogP) is 3.22. The minimum atomic E-state index is -0.143. The lowest BCUT2D eigenvalue weighted by Crippen LogP contribution is -2.23. The standard InChI is InChI=1S/C20H23N5O/c1-15-12-19(22-20(26)18-8-5-10-21-18)25(23-15)17-9-11-24(14-17)13-16-6-3-2-4-7-16/h2-8,10,12,17,21H,9,11,13-14H2,1H3,(H,22,26)/t17-/m0/s1. The number of amides is 1. The maximum atomic E-state index is 12.4. The van der Waals surface area contributed by atoms with Crippen molar-refractivity contribution in [2.24, 2.45) is 0 Å². The summed E-state index contributed by atoms with van der Waals surface area (Å²) in [6.07, 6.45) is 2.77. The van der Waals surface area contributed by atoms with E-state index < -0.39 is 0 Å². The number of nitrogens with zero attached hydrogens (tertiary/aromatic N) is 3. The van der Waals surface area contributed by atoms with Gasteiger partial charge in [-0.1, -0.05) is 30.3 Å². The molecule has 1 aromatic carbocycles. The molecule has 3 heterocycles. The lowest BCUT2D eigenvalue weighted by Gasteiger charge is -2.18. The summed E-state index contributed by atoms with van der Waals surface area (Å²) in [4.78, 5) is 17.7.